The molecule has 0 aliphatic heterocycles. The smallest absolute Gasteiger partial charge is 0.322 e. The lowest BCUT2D eigenvalue weighted by Gasteiger charge is -1.89. The summed E-state index contributed by atoms with van der Waals surface area (Å²) in [7, 11) is 0. The second-order valence-electron chi connectivity index (χ2n) is 1.56. The van der Waals surface area contributed by atoms with E-state index in [0.29, 0.717) is 4.85 Å². The number of hydrogen-bond acceptors (Lipinski definition) is 5. The van der Waals surface area contributed by atoms with Gasteiger partial charge in [-0.05, 0) is 0 Å². The standard InChI is InChI=1S/C4H3N3O4/c8-3-11-6-2-4(1-5-6)7(9)10/h1-3H. The van der Waals surface area contributed by atoms with Gasteiger partial charge in [-0.2, -0.15) is 0 Å². The fourth-order valence-electron chi connectivity index (χ4n) is 0.492. The zero-order valence-corrected chi connectivity index (χ0v) is 5.21. The maximum Gasteiger partial charge on any atom is 0.323 e. The largest absolute Gasteiger partial charge is 0.323 e. The van der Waals surface area contributed by atoms with Gasteiger partial charge in [0.25, 0.3) is 0 Å². The molecule has 0 N–H and O–H groups in total. The molecular weight excluding hydrogens is 154 g/mol. The van der Waals surface area contributed by atoms with Crippen molar-refractivity contribution in [1.82, 2.24) is 9.94 Å². The maximum atomic E-state index is 10.0. The quantitative estimate of drug-likeness (QED) is 0.331. The second-order valence-corrected chi connectivity index (χ2v) is 1.56. The number of aromatic nitrogens is 2. The van der Waals surface area contributed by atoms with E-state index in [2.05, 4.69) is 9.94 Å². The topological polar surface area (TPSA) is 87.3 Å². The van der Waals surface area contributed by atoms with Crippen LogP contribution in [-0.2, 0) is 4.79 Å². The van der Waals surface area contributed by atoms with E-state index < -0.39 is 4.92 Å². The molecule has 0 unspecified atom stereocenters. The molecule has 0 saturated carbocycles. The van der Waals surface area contributed by atoms with E-state index in [1.54, 1.807) is 0 Å². The van der Waals surface area contributed by atoms with Crippen molar-refractivity contribution in [3.63, 3.8) is 0 Å². The molecule has 1 heterocycles. The molecule has 58 valence electrons. The minimum Gasteiger partial charge on any atom is -0.322 e. The van der Waals surface area contributed by atoms with Gasteiger partial charge in [-0.25, -0.2) is 0 Å². The van der Waals surface area contributed by atoms with Crippen LogP contribution in [0.1, 0.15) is 0 Å². The van der Waals surface area contributed by atoms with Gasteiger partial charge in [0.05, 0.1) is 4.92 Å². The molecule has 1 aromatic heterocycles. The summed E-state index contributed by atoms with van der Waals surface area (Å²) in [6, 6.07) is 0. The number of nitrogens with zero attached hydrogens (tertiary/aromatic N) is 3. The molecule has 0 aromatic carbocycles. The van der Waals surface area contributed by atoms with E-state index in [9.17, 15) is 14.9 Å². The third-order valence-electron chi connectivity index (χ3n) is 0.908. The minimum absolute atomic E-state index is 0.122. The lowest BCUT2D eigenvalue weighted by molar-refractivity contribution is -0.385. The Morgan fingerprint density at radius 2 is 2.55 bits per heavy atom. The van der Waals surface area contributed by atoms with Gasteiger partial charge in [-0.3, -0.25) is 14.9 Å². The van der Waals surface area contributed by atoms with Crippen molar-refractivity contribution in [2.75, 3.05) is 0 Å². The molecule has 1 aromatic rings. The molecule has 1 rings (SSSR count). The summed E-state index contributed by atoms with van der Waals surface area (Å²) in [5.41, 5.74) is -0.230. The van der Waals surface area contributed by atoms with Crippen LogP contribution in [0, 0.1) is 10.1 Å². The molecule has 0 spiro atoms. The summed E-state index contributed by atoms with van der Waals surface area (Å²) >= 11 is 0. The minimum atomic E-state index is -0.641. The summed E-state index contributed by atoms with van der Waals surface area (Å²) in [6.45, 7) is 0.122. The average Bonchev–Trinajstić information content (AvgIpc) is 2.37. The zero-order chi connectivity index (χ0) is 8.27. The van der Waals surface area contributed by atoms with Crippen LogP contribution in [0.5, 0.6) is 0 Å². The molecule has 0 bridgehead atoms. The molecule has 0 radical (unpaired) electrons. The molecule has 7 heteroatoms. The molecule has 0 aliphatic carbocycles. The summed E-state index contributed by atoms with van der Waals surface area (Å²) in [4.78, 5) is 23.9. The Kier molecular flexibility index (Phi) is 1.81. The van der Waals surface area contributed by atoms with Gasteiger partial charge >= 0.3 is 12.2 Å². The third-order valence-corrected chi connectivity index (χ3v) is 0.908. The Morgan fingerprint density at radius 3 is 3.00 bits per heavy atom. The van der Waals surface area contributed by atoms with Gasteiger partial charge in [0.2, 0.25) is 0 Å². The molecule has 0 atom stereocenters. The molecule has 0 saturated heterocycles. The highest BCUT2D eigenvalue weighted by Gasteiger charge is 2.08. The Balaban J connectivity index is 2.81. The van der Waals surface area contributed by atoms with E-state index in [1.165, 1.54) is 0 Å². The lowest BCUT2D eigenvalue weighted by atomic mass is 10.6. The highest BCUT2D eigenvalue weighted by molar-refractivity contribution is 5.37. The van der Waals surface area contributed by atoms with Crippen LogP contribution in [-0.4, -0.2) is 21.3 Å². The lowest BCUT2D eigenvalue weighted by Crippen LogP contribution is -2.08. The predicted molar refractivity (Wildman–Crippen MR) is 31.5 cm³/mol. The van der Waals surface area contributed by atoms with Crippen molar-refractivity contribution in [2.24, 2.45) is 0 Å². The zero-order valence-electron chi connectivity index (χ0n) is 5.21. The first-order chi connectivity index (χ1) is 5.24. The van der Waals surface area contributed by atoms with Crippen molar-refractivity contribution in [3.05, 3.63) is 22.5 Å². The van der Waals surface area contributed by atoms with Crippen LogP contribution >= 0.6 is 0 Å². The van der Waals surface area contributed by atoms with Crippen LogP contribution in [0.25, 0.3) is 0 Å². The first kappa shape index (κ1) is 7.19. The van der Waals surface area contributed by atoms with Crippen molar-refractivity contribution in [3.8, 4) is 0 Å². The van der Waals surface area contributed by atoms with Crippen LogP contribution in [0.3, 0.4) is 0 Å². The number of carbonyl (C=O) groups excluding carboxylic acids is 1. The van der Waals surface area contributed by atoms with E-state index in [4.69, 9.17) is 0 Å². The van der Waals surface area contributed by atoms with E-state index >= 15 is 0 Å². The molecule has 7 nitrogen and oxygen atoms in total. The first-order valence-corrected chi connectivity index (χ1v) is 2.54. The summed E-state index contributed by atoms with van der Waals surface area (Å²) in [6.07, 6.45) is 1.96. The van der Waals surface area contributed by atoms with Crippen molar-refractivity contribution in [2.45, 2.75) is 0 Å². The molecular formula is C4H3N3O4. The third kappa shape index (κ3) is 1.51. The fraction of sp³-hybridized carbons (Fsp3) is 0. The normalized spacial score (nSPS) is 9.09. The Morgan fingerprint density at radius 1 is 1.82 bits per heavy atom. The Labute approximate surface area is 60.3 Å². The molecule has 0 amide bonds. The highest BCUT2D eigenvalue weighted by atomic mass is 16.7. The van der Waals surface area contributed by atoms with Crippen molar-refractivity contribution in [1.29, 1.82) is 0 Å². The van der Waals surface area contributed by atoms with Crippen LogP contribution in [0.15, 0.2) is 12.4 Å². The number of nitro groups is 1. The van der Waals surface area contributed by atoms with Gasteiger partial charge in [0.1, 0.15) is 12.4 Å². The molecule has 11 heavy (non-hydrogen) atoms. The van der Waals surface area contributed by atoms with Crippen LogP contribution in [0.4, 0.5) is 5.69 Å². The maximum absolute atomic E-state index is 10.0. The van der Waals surface area contributed by atoms with Gasteiger partial charge in [-0.15, -0.1) is 5.10 Å². The van der Waals surface area contributed by atoms with Gasteiger partial charge in [0.15, 0.2) is 0 Å². The van der Waals surface area contributed by atoms with Gasteiger partial charge < -0.3 is 4.84 Å². The summed E-state index contributed by atoms with van der Waals surface area (Å²) in [5, 5.41) is 13.4. The van der Waals surface area contributed by atoms with Crippen molar-refractivity contribution >= 4 is 12.2 Å². The Bertz CT molecular complexity index is 281. The van der Waals surface area contributed by atoms with Gasteiger partial charge in [-0.1, -0.05) is 4.85 Å². The van der Waals surface area contributed by atoms with Crippen LogP contribution in [0.2, 0.25) is 0 Å². The first-order valence-electron chi connectivity index (χ1n) is 2.54. The summed E-state index contributed by atoms with van der Waals surface area (Å²) < 4.78 is 0. The molecule has 0 aliphatic rings. The average molecular weight is 157 g/mol. The summed E-state index contributed by atoms with van der Waals surface area (Å²) in [5.74, 6) is 0. The Hall–Kier alpha value is -1.92. The number of carbonyl (C=O) groups is 1. The van der Waals surface area contributed by atoms with Gasteiger partial charge in [0, 0.05) is 0 Å². The number of hydrogen-bond donors (Lipinski definition) is 0. The van der Waals surface area contributed by atoms with Crippen molar-refractivity contribution < 1.29 is 14.6 Å². The van der Waals surface area contributed by atoms with E-state index in [1.807, 2.05) is 0 Å². The highest BCUT2D eigenvalue weighted by Crippen LogP contribution is 2.05. The van der Waals surface area contributed by atoms with Crippen LogP contribution < -0.4 is 4.84 Å². The SMILES string of the molecule is O=COn1cc([N+](=O)[O-])cn1. The monoisotopic (exact) mass is 157 g/mol. The fourth-order valence-corrected chi connectivity index (χ4v) is 0.492. The number of rotatable bonds is 3. The van der Waals surface area contributed by atoms with E-state index in [0.717, 1.165) is 12.4 Å². The van der Waals surface area contributed by atoms with E-state index in [-0.39, 0.29) is 12.2 Å². The second kappa shape index (κ2) is 2.78. The predicted octanol–water partition coefficient (Wildman–Crippen LogP) is -0.624. The molecule has 0 fully saturated rings.